The average molecular weight is 481 g/mol. The van der Waals surface area contributed by atoms with E-state index in [9.17, 15) is 13.2 Å². The predicted molar refractivity (Wildman–Crippen MR) is 132 cm³/mol. The van der Waals surface area contributed by atoms with Crippen molar-refractivity contribution in [3.05, 3.63) is 89.0 Å². The quantitative estimate of drug-likeness (QED) is 0.297. The van der Waals surface area contributed by atoms with Crippen LogP contribution in [0.1, 0.15) is 47.8 Å². The monoisotopic (exact) mass is 480 g/mol. The number of carbonyl (C=O) groups is 1. The number of aryl methyl sites for hydroxylation is 1. The Labute approximate surface area is 200 Å². The lowest BCUT2D eigenvalue weighted by molar-refractivity contribution is 0.0955. The molecule has 0 aliphatic carbocycles. The van der Waals surface area contributed by atoms with E-state index in [1.54, 1.807) is 36.4 Å². The average Bonchev–Trinajstić information content (AvgIpc) is 2.79. The van der Waals surface area contributed by atoms with E-state index in [2.05, 4.69) is 31.3 Å². The zero-order chi connectivity index (χ0) is 24.9. The zero-order valence-corrected chi connectivity index (χ0v) is 20.6. The maximum absolute atomic E-state index is 12.6. The van der Waals surface area contributed by atoms with E-state index in [0.717, 1.165) is 11.1 Å². The SMILES string of the molecule is COc1cc(/C=N\NC(=O)c2ccc(C(C)(C)C)cc2)ccc1OS(=O)(=O)c1ccc(C)cc1. The highest BCUT2D eigenvalue weighted by Crippen LogP contribution is 2.30. The molecular formula is C26H28N2O5S. The Morgan fingerprint density at radius 1 is 0.941 bits per heavy atom. The first-order valence-electron chi connectivity index (χ1n) is 10.6. The maximum Gasteiger partial charge on any atom is 0.339 e. The first kappa shape index (κ1) is 25.0. The molecule has 1 N–H and O–H groups in total. The van der Waals surface area contributed by atoms with Gasteiger partial charge in [0, 0.05) is 5.56 Å². The number of amides is 1. The van der Waals surface area contributed by atoms with Crippen molar-refractivity contribution in [3.8, 4) is 11.5 Å². The van der Waals surface area contributed by atoms with Crippen LogP contribution in [0.5, 0.6) is 11.5 Å². The van der Waals surface area contributed by atoms with E-state index in [0.29, 0.717) is 11.1 Å². The zero-order valence-electron chi connectivity index (χ0n) is 19.8. The summed E-state index contributed by atoms with van der Waals surface area (Å²) in [6.45, 7) is 8.18. The summed E-state index contributed by atoms with van der Waals surface area (Å²) in [6, 6.07) is 18.4. The van der Waals surface area contributed by atoms with Gasteiger partial charge in [-0.05, 0) is 65.9 Å². The molecule has 0 unspecified atom stereocenters. The maximum atomic E-state index is 12.6. The van der Waals surface area contributed by atoms with Crippen molar-refractivity contribution < 1.29 is 22.1 Å². The minimum absolute atomic E-state index is 0.00155. The molecule has 0 bridgehead atoms. The van der Waals surface area contributed by atoms with Crippen molar-refractivity contribution in [1.29, 1.82) is 0 Å². The van der Waals surface area contributed by atoms with Crippen molar-refractivity contribution >= 4 is 22.2 Å². The van der Waals surface area contributed by atoms with Crippen LogP contribution >= 0.6 is 0 Å². The molecule has 8 heteroatoms. The summed E-state index contributed by atoms with van der Waals surface area (Å²) in [7, 11) is -2.61. The van der Waals surface area contributed by atoms with Gasteiger partial charge in [0.2, 0.25) is 0 Å². The van der Waals surface area contributed by atoms with Gasteiger partial charge in [-0.25, -0.2) is 5.43 Å². The number of benzene rings is 3. The Morgan fingerprint density at radius 3 is 2.18 bits per heavy atom. The third kappa shape index (κ3) is 6.23. The molecular weight excluding hydrogens is 452 g/mol. The largest absolute Gasteiger partial charge is 0.493 e. The second kappa shape index (κ2) is 10.1. The van der Waals surface area contributed by atoms with Crippen LogP contribution in [0.3, 0.4) is 0 Å². The minimum Gasteiger partial charge on any atom is -0.493 e. The van der Waals surface area contributed by atoms with Crippen molar-refractivity contribution in [1.82, 2.24) is 5.43 Å². The summed E-state index contributed by atoms with van der Waals surface area (Å²) in [5, 5.41) is 3.99. The topological polar surface area (TPSA) is 94.1 Å². The van der Waals surface area contributed by atoms with E-state index >= 15 is 0 Å². The van der Waals surface area contributed by atoms with Gasteiger partial charge in [0.25, 0.3) is 5.91 Å². The highest BCUT2D eigenvalue weighted by Gasteiger charge is 2.19. The molecule has 3 rings (SSSR count). The van der Waals surface area contributed by atoms with Gasteiger partial charge in [-0.3, -0.25) is 4.79 Å². The van der Waals surface area contributed by atoms with Crippen molar-refractivity contribution in [2.45, 2.75) is 38.0 Å². The molecule has 3 aromatic carbocycles. The van der Waals surface area contributed by atoms with Crippen molar-refractivity contribution in [2.75, 3.05) is 7.11 Å². The number of carbonyl (C=O) groups excluding carboxylic acids is 1. The highest BCUT2D eigenvalue weighted by atomic mass is 32.2. The smallest absolute Gasteiger partial charge is 0.339 e. The van der Waals surface area contributed by atoms with Crippen LogP contribution in [0.15, 0.2) is 76.7 Å². The molecule has 34 heavy (non-hydrogen) atoms. The first-order chi connectivity index (χ1) is 16.0. The van der Waals surface area contributed by atoms with Gasteiger partial charge in [-0.2, -0.15) is 13.5 Å². The number of rotatable bonds is 7. The Kier molecular flexibility index (Phi) is 7.41. The molecule has 3 aromatic rings. The Bertz CT molecular complexity index is 1290. The minimum atomic E-state index is -4.02. The Morgan fingerprint density at radius 2 is 1.59 bits per heavy atom. The van der Waals surface area contributed by atoms with Gasteiger partial charge in [0.05, 0.1) is 13.3 Å². The molecule has 0 spiro atoms. The van der Waals surface area contributed by atoms with Crippen LogP contribution in [0, 0.1) is 6.92 Å². The van der Waals surface area contributed by atoms with E-state index in [4.69, 9.17) is 8.92 Å². The van der Waals surface area contributed by atoms with Gasteiger partial charge in [-0.15, -0.1) is 0 Å². The fraction of sp³-hybridized carbons (Fsp3) is 0.231. The van der Waals surface area contributed by atoms with Gasteiger partial charge < -0.3 is 8.92 Å². The summed E-state index contributed by atoms with van der Waals surface area (Å²) in [5.74, 6) is -0.0836. The number of hydrogen-bond donors (Lipinski definition) is 1. The first-order valence-corrected chi connectivity index (χ1v) is 12.0. The van der Waals surface area contributed by atoms with E-state index < -0.39 is 10.1 Å². The highest BCUT2D eigenvalue weighted by molar-refractivity contribution is 7.87. The Balaban J connectivity index is 1.69. The van der Waals surface area contributed by atoms with Crippen LogP contribution in [-0.2, 0) is 15.5 Å². The number of ether oxygens (including phenoxy) is 1. The summed E-state index contributed by atoms with van der Waals surface area (Å²) >= 11 is 0. The molecule has 0 aromatic heterocycles. The van der Waals surface area contributed by atoms with Crippen LogP contribution in [-0.4, -0.2) is 27.6 Å². The summed E-state index contributed by atoms with van der Waals surface area (Å²) in [5.41, 5.74) is 5.63. The fourth-order valence-electron chi connectivity index (χ4n) is 3.06. The molecule has 178 valence electrons. The van der Waals surface area contributed by atoms with Gasteiger partial charge in [0.1, 0.15) is 4.90 Å². The van der Waals surface area contributed by atoms with Crippen LogP contribution in [0.4, 0.5) is 0 Å². The van der Waals surface area contributed by atoms with Gasteiger partial charge in [0.15, 0.2) is 11.5 Å². The van der Waals surface area contributed by atoms with E-state index in [-0.39, 0.29) is 27.7 Å². The molecule has 0 heterocycles. The molecule has 0 saturated heterocycles. The molecule has 7 nitrogen and oxygen atoms in total. The number of hydrogen-bond acceptors (Lipinski definition) is 6. The second-order valence-electron chi connectivity index (χ2n) is 8.79. The molecule has 0 aliphatic heterocycles. The lowest BCUT2D eigenvalue weighted by Crippen LogP contribution is -2.18. The molecule has 0 fully saturated rings. The Hall–Kier alpha value is -3.65. The molecule has 1 amide bonds. The second-order valence-corrected chi connectivity index (χ2v) is 10.3. The predicted octanol–water partition coefficient (Wildman–Crippen LogP) is 4.83. The van der Waals surface area contributed by atoms with Crippen LogP contribution in [0.2, 0.25) is 0 Å². The van der Waals surface area contributed by atoms with Gasteiger partial charge in [-0.1, -0.05) is 50.6 Å². The van der Waals surface area contributed by atoms with Crippen LogP contribution in [0.25, 0.3) is 0 Å². The van der Waals surface area contributed by atoms with E-state index in [1.807, 2.05) is 19.1 Å². The van der Waals surface area contributed by atoms with Crippen molar-refractivity contribution in [3.63, 3.8) is 0 Å². The summed E-state index contributed by atoms with van der Waals surface area (Å²) in [4.78, 5) is 12.4. The molecule has 0 saturated carbocycles. The number of nitrogens with one attached hydrogen (secondary N) is 1. The number of nitrogens with zero attached hydrogens (tertiary/aromatic N) is 1. The molecule has 0 atom stereocenters. The van der Waals surface area contributed by atoms with Gasteiger partial charge >= 0.3 is 10.1 Å². The lowest BCUT2D eigenvalue weighted by Gasteiger charge is -2.18. The standard InChI is InChI=1S/C26H28N2O5S/c1-18-6-13-22(14-7-18)34(30,31)33-23-15-8-19(16-24(23)32-5)17-27-28-25(29)20-9-11-21(12-10-20)26(2,3)4/h6-17H,1-5H3,(H,28,29)/b27-17-. The third-order valence-corrected chi connectivity index (χ3v) is 6.34. The number of methoxy groups -OCH3 is 1. The van der Waals surface area contributed by atoms with E-state index in [1.165, 1.54) is 31.5 Å². The normalized spacial score (nSPS) is 11.9. The molecule has 0 aliphatic rings. The summed E-state index contributed by atoms with van der Waals surface area (Å²) in [6.07, 6.45) is 1.43. The molecule has 0 radical (unpaired) electrons. The van der Waals surface area contributed by atoms with Crippen LogP contribution < -0.4 is 14.3 Å². The van der Waals surface area contributed by atoms with Crippen molar-refractivity contribution in [2.24, 2.45) is 5.10 Å². The third-order valence-electron chi connectivity index (χ3n) is 5.09. The summed E-state index contributed by atoms with van der Waals surface area (Å²) < 4.78 is 35.7. The number of hydrazone groups is 1. The lowest BCUT2D eigenvalue weighted by atomic mass is 9.87. The fourth-order valence-corrected chi connectivity index (χ4v) is 4.00.